The van der Waals surface area contributed by atoms with Crippen molar-refractivity contribution in [2.45, 2.75) is 44.1 Å². The molecule has 37 heavy (non-hydrogen) atoms. The molecule has 2 amide bonds. The summed E-state index contributed by atoms with van der Waals surface area (Å²) < 4.78 is 26.9. The third-order valence-electron chi connectivity index (χ3n) is 6.84. The van der Waals surface area contributed by atoms with E-state index in [9.17, 15) is 20.0 Å². The van der Waals surface area contributed by atoms with Crippen molar-refractivity contribution >= 4 is 17.8 Å². The zero-order valence-electron chi connectivity index (χ0n) is 20.6. The summed E-state index contributed by atoms with van der Waals surface area (Å²) >= 11 is 0. The van der Waals surface area contributed by atoms with Gasteiger partial charge in [-0.15, -0.1) is 0 Å². The summed E-state index contributed by atoms with van der Waals surface area (Å²) in [5.41, 5.74) is 6.17. The van der Waals surface area contributed by atoms with Crippen LogP contribution in [0.3, 0.4) is 0 Å². The highest BCUT2D eigenvalue weighted by molar-refractivity contribution is 6.00. The fourth-order valence-corrected chi connectivity index (χ4v) is 4.85. The quantitative estimate of drug-likeness (QED) is 0.533. The van der Waals surface area contributed by atoms with Gasteiger partial charge in [-0.1, -0.05) is 12.1 Å². The first-order valence-corrected chi connectivity index (χ1v) is 11.8. The Morgan fingerprint density at radius 3 is 2.86 bits per heavy atom. The predicted molar refractivity (Wildman–Crippen MR) is 130 cm³/mol. The van der Waals surface area contributed by atoms with Crippen LogP contribution in [0.2, 0.25) is 0 Å². The number of phenolic OH excluding ortho intramolecular Hbond substituents is 1. The van der Waals surface area contributed by atoms with E-state index in [-0.39, 0.29) is 23.7 Å². The highest BCUT2D eigenvalue weighted by atomic mass is 19.1. The first-order valence-electron chi connectivity index (χ1n) is 11.8. The Kier molecular flexibility index (Phi) is 7.35. The number of likely N-dealkylation sites (tertiary alicyclic amines) is 1. The number of aromatic hydroxyl groups is 1. The van der Waals surface area contributed by atoms with E-state index >= 15 is 4.39 Å². The van der Waals surface area contributed by atoms with Gasteiger partial charge in [-0.2, -0.15) is 10.4 Å². The van der Waals surface area contributed by atoms with Crippen LogP contribution < -0.4 is 11.1 Å². The Labute approximate surface area is 213 Å². The minimum absolute atomic E-state index is 0.000794. The maximum absolute atomic E-state index is 15.4. The van der Waals surface area contributed by atoms with Gasteiger partial charge in [0.25, 0.3) is 5.91 Å². The summed E-state index contributed by atoms with van der Waals surface area (Å²) in [5, 5.41) is 27.0. The number of alkyl halides is 1. The van der Waals surface area contributed by atoms with Crippen molar-refractivity contribution in [1.29, 1.82) is 5.26 Å². The van der Waals surface area contributed by atoms with Crippen molar-refractivity contribution in [2.24, 2.45) is 11.7 Å². The van der Waals surface area contributed by atoms with Crippen LogP contribution in [0.1, 0.15) is 47.3 Å². The lowest BCUT2D eigenvalue weighted by Gasteiger charge is -2.26. The zero-order valence-corrected chi connectivity index (χ0v) is 20.6. The SMILES string of the molecule is COC(=O)Nc1nn(C2CCN(Cc3ccc(C4(C)CC=CO4)c(O)c3)C[C@@H](F)C2C#N)cc1C(N)=O. The molecule has 0 spiro atoms. The summed E-state index contributed by atoms with van der Waals surface area (Å²) in [6.07, 6.45) is 3.46. The summed E-state index contributed by atoms with van der Waals surface area (Å²) in [5.74, 6) is -1.92. The number of amides is 2. The van der Waals surface area contributed by atoms with Gasteiger partial charge in [0, 0.05) is 37.8 Å². The van der Waals surface area contributed by atoms with E-state index in [1.165, 1.54) is 10.9 Å². The van der Waals surface area contributed by atoms with Gasteiger partial charge < -0.3 is 20.3 Å². The number of anilines is 1. The summed E-state index contributed by atoms with van der Waals surface area (Å²) in [6.45, 7) is 2.68. The number of nitrogens with zero attached hydrogens (tertiary/aromatic N) is 4. The number of nitriles is 1. The number of aromatic nitrogens is 2. The minimum atomic E-state index is -1.51. The molecule has 1 aromatic heterocycles. The number of phenols is 1. The number of nitrogens with two attached hydrogens (primary N) is 1. The van der Waals surface area contributed by atoms with Crippen molar-refractivity contribution in [3.63, 3.8) is 0 Å². The van der Waals surface area contributed by atoms with Gasteiger partial charge in [0.2, 0.25) is 0 Å². The highest BCUT2D eigenvalue weighted by Crippen LogP contribution is 2.39. The second-order valence-corrected chi connectivity index (χ2v) is 9.39. The molecule has 3 unspecified atom stereocenters. The molecule has 4 N–H and O–H groups in total. The van der Waals surface area contributed by atoms with Crippen molar-refractivity contribution in [3.8, 4) is 11.8 Å². The molecule has 3 heterocycles. The van der Waals surface area contributed by atoms with E-state index in [0.29, 0.717) is 31.5 Å². The third kappa shape index (κ3) is 5.36. The standard InChI is InChI=1S/C25H29FN6O5/c1-25(7-3-9-37-25)18-5-4-15(10-21(18)33)12-31-8-6-20(16(11-27)19(26)14-31)32-13-17(22(28)34)23(30-32)29-24(35)36-2/h3-5,9-10,13,16,19-20,33H,6-8,12,14H2,1-2H3,(H2,28,34)(H,29,30,35)/t16?,19-,20?,25?/m1/s1. The molecule has 12 heteroatoms. The largest absolute Gasteiger partial charge is 0.508 e. The molecule has 2 aromatic rings. The van der Waals surface area contributed by atoms with Crippen LogP contribution in [-0.4, -0.2) is 58.2 Å². The monoisotopic (exact) mass is 512 g/mol. The van der Waals surface area contributed by atoms with E-state index in [2.05, 4.69) is 15.2 Å². The number of rotatable bonds is 6. The molecule has 1 fully saturated rings. The average molecular weight is 513 g/mol. The molecule has 0 bridgehead atoms. The second kappa shape index (κ2) is 10.5. The number of carbonyl (C=O) groups excluding carboxylic acids is 2. The number of ether oxygens (including phenoxy) is 2. The van der Waals surface area contributed by atoms with Gasteiger partial charge in [0.1, 0.15) is 29.0 Å². The Bertz CT molecular complexity index is 1250. The Hall–Kier alpha value is -4.11. The molecule has 2 aliphatic heterocycles. The Morgan fingerprint density at radius 1 is 1.46 bits per heavy atom. The van der Waals surface area contributed by atoms with Crippen molar-refractivity contribution in [1.82, 2.24) is 14.7 Å². The predicted octanol–water partition coefficient (Wildman–Crippen LogP) is 2.94. The molecular weight excluding hydrogens is 483 g/mol. The van der Waals surface area contributed by atoms with Crippen molar-refractivity contribution < 1.29 is 28.6 Å². The normalized spacial score (nSPS) is 25.6. The van der Waals surface area contributed by atoms with Gasteiger partial charge in [0.05, 0.1) is 25.5 Å². The van der Waals surface area contributed by atoms with Gasteiger partial charge in [-0.25, -0.2) is 9.18 Å². The van der Waals surface area contributed by atoms with Gasteiger partial charge in [0.15, 0.2) is 5.82 Å². The van der Waals surface area contributed by atoms with Crippen LogP contribution >= 0.6 is 0 Å². The number of hydrogen-bond donors (Lipinski definition) is 3. The summed E-state index contributed by atoms with van der Waals surface area (Å²) in [6, 6.07) is 6.66. The molecular formula is C25H29FN6O5. The molecule has 4 rings (SSSR count). The number of halogens is 1. The van der Waals surface area contributed by atoms with Crippen LogP contribution in [0.15, 0.2) is 36.7 Å². The van der Waals surface area contributed by atoms with Crippen LogP contribution in [0.4, 0.5) is 15.0 Å². The number of carbonyl (C=O) groups is 2. The van der Waals surface area contributed by atoms with Crippen LogP contribution in [-0.2, 0) is 21.6 Å². The van der Waals surface area contributed by atoms with Crippen molar-refractivity contribution in [2.75, 3.05) is 25.5 Å². The molecule has 0 aliphatic carbocycles. The Morgan fingerprint density at radius 2 is 2.24 bits per heavy atom. The third-order valence-corrected chi connectivity index (χ3v) is 6.84. The number of hydrogen-bond acceptors (Lipinski definition) is 8. The lowest BCUT2D eigenvalue weighted by atomic mass is 9.91. The first-order chi connectivity index (χ1) is 17.6. The first kappa shape index (κ1) is 26.0. The average Bonchev–Trinajstić information content (AvgIpc) is 3.44. The molecule has 0 saturated carbocycles. The molecule has 196 valence electrons. The number of primary amides is 1. The number of benzene rings is 1. The second-order valence-electron chi connectivity index (χ2n) is 9.39. The maximum atomic E-state index is 15.4. The van der Waals surface area contributed by atoms with Crippen LogP contribution in [0.25, 0.3) is 0 Å². The molecule has 1 aromatic carbocycles. The Balaban J connectivity index is 1.53. The van der Waals surface area contributed by atoms with Crippen LogP contribution in [0.5, 0.6) is 5.75 Å². The lowest BCUT2D eigenvalue weighted by Crippen LogP contribution is -2.32. The van der Waals surface area contributed by atoms with E-state index < -0.39 is 35.7 Å². The van der Waals surface area contributed by atoms with E-state index in [1.807, 2.05) is 36.1 Å². The van der Waals surface area contributed by atoms with Crippen molar-refractivity contribution in [3.05, 3.63) is 53.4 Å². The molecule has 4 atom stereocenters. The van der Waals surface area contributed by atoms with Crippen LogP contribution in [0, 0.1) is 17.2 Å². The van der Waals surface area contributed by atoms with Gasteiger partial charge in [-0.05, 0) is 31.1 Å². The molecule has 2 aliphatic rings. The summed E-state index contributed by atoms with van der Waals surface area (Å²) in [4.78, 5) is 25.4. The number of nitrogens with one attached hydrogen (secondary N) is 1. The maximum Gasteiger partial charge on any atom is 0.412 e. The topological polar surface area (TPSA) is 156 Å². The van der Waals surface area contributed by atoms with E-state index in [1.54, 1.807) is 12.3 Å². The lowest BCUT2D eigenvalue weighted by molar-refractivity contribution is 0.0584. The van der Waals surface area contributed by atoms with Gasteiger partial charge >= 0.3 is 6.09 Å². The fraction of sp³-hybridized carbons (Fsp3) is 0.440. The highest BCUT2D eigenvalue weighted by Gasteiger charge is 2.37. The fourth-order valence-electron chi connectivity index (χ4n) is 4.85. The number of methoxy groups -OCH3 is 1. The minimum Gasteiger partial charge on any atom is -0.508 e. The zero-order chi connectivity index (χ0) is 26.7. The van der Waals surface area contributed by atoms with Gasteiger partial charge in [-0.3, -0.25) is 19.7 Å². The smallest absolute Gasteiger partial charge is 0.412 e. The molecule has 11 nitrogen and oxygen atoms in total. The molecule has 1 saturated heterocycles. The summed E-state index contributed by atoms with van der Waals surface area (Å²) in [7, 11) is 1.16. The molecule has 0 radical (unpaired) electrons. The van der Waals surface area contributed by atoms with E-state index in [4.69, 9.17) is 10.5 Å². The van der Waals surface area contributed by atoms with E-state index in [0.717, 1.165) is 12.7 Å².